The van der Waals surface area contributed by atoms with Gasteiger partial charge in [0.15, 0.2) is 5.82 Å². The van der Waals surface area contributed by atoms with Gasteiger partial charge >= 0.3 is 0 Å². The summed E-state index contributed by atoms with van der Waals surface area (Å²) in [5.41, 5.74) is 15.6. The third-order valence-corrected chi connectivity index (χ3v) is 13.0. The summed E-state index contributed by atoms with van der Waals surface area (Å²) in [6.45, 7) is 0. The molecule has 290 valence electrons. The SMILES string of the molecule is c1ccc(-c2cc(-c3ccccc3)cc(-c3cc(-c4ccc(-c5ccc(-c6cccc7sc8ccccc8c67)c6oc7ccccc7c56)cc4)nc(-c4ccccc4)n3)c2)cc1. The van der Waals surface area contributed by atoms with E-state index in [9.17, 15) is 0 Å². The van der Waals surface area contributed by atoms with E-state index in [-0.39, 0.29) is 0 Å². The molecule has 3 heterocycles. The molecule has 12 rings (SSSR count). The van der Waals surface area contributed by atoms with Crippen LogP contribution in [0.3, 0.4) is 0 Å². The Hall–Kier alpha value is -7.92. The Bertz CT molecular complexity index is 3550. The predicted molar refractivity (Wildman–Crippen MR) is 260 cm³/mol. The molecule has 3 aromatic heterocycles. The lowest BCUT2D eigenvalue weighted by atomic mass is 9.92. The van der Waals surface area contributed by atoms with Crippen molar-refractivity contribution in [2.24, 2.45) is 0 Å². The Morgan fingerprint density at radius 2 is 0.871 bits per heavy atom. The van der Waals surface area contributed by atoms with Gasteiger partial charge in [0.1, 0.15) is 11.2 Å². The van der Waals surface area contributed by atoms with Crippen LogP contribution in [0.15, 0.2) is 223 Å². The van der Waals surface area contributed by atoms with Crippen LogP contribution in [0, 0.1) is 0 Å². The minimum Gasteiger partial charge on any atom is -0.455 e. The predicted octanol–water partition coefficient (Wildman–Crippen LogP) is 16.4. The first-order valence-corrected chi connectivity index (χ1v) is 21.7. The Balaban J connectivity index is 0.998. The van der Waals surface area contributed by atoms with E-state index in [1.54, 1.807) is 0 Å². The first kappa shape index (κ1) is 36.0. The molecular formula is C58H36N2OS. The van der Waals surface area contributed by atoms with Gasteiger partial charge in [0.2, 0.25) is 0 Å². The van der Waals surface area contributed by atoms with E-state index < -0.39 is 0 Å². The average Bonchev–Trinajstić information content (AvgIpc) is 3.94. The first-order valence-electron chi connectivity index (χ1n) is 20.9. The lowest BCUT2D eigenvalue weighted by molar-refractivity contribution is 0.670. The largest absolute Gasteiger partial charge is 0.455 e. The Morgan fingerprint density at radius 3 is 1.58 bits per heavy atom. The second-order valence-corrected chi connectivity index (χ2v) is 16.8. The van der Waals surface area contributed by atoms with Gasteiger partial charge in [-0.05, 0) is 87.5 Å². The van der Waals surface area contributed by atoms with E-state index >= 15 is 0 Å². The zero-order chi connectivity index (χ0) is 41.0. The van der Waals surface area contributed by atoms with Crippen molar-refractivity contribution in [3.05, 3.63) is 218 Å². The van der Waals surface area contributed by atoms with Crippen LogP contribution in [0.5, 0.6) is 0 Å². The van der Waals surface area contributed by atoms with Crippen molar-refractivity contribution >= 4 is 53.4 Å². The van der Waals surface area contributed by atoms with Crippen LogP contribution in [0.4, 0.5) is 0 Å². The van der Waals surface area contributed by atoms with Gasteiger partial charge in [-0.1, -0.05) is 170 Å². The van der Waals surface area contributed by atoms with Gasteiger partial charge in [-0.2, -0.15) is 0 Å². The number of aromatic nitrogens is 2. The van der Waals surface area contributed by atoms with Crippen LogP contribution in [0.25, 0.3) is 121 Å². The second kappa shape index (κ2) is 15.0. The summed E-state index contributed by atoms with van der Waals surface area (Å²) in [4.78, 5) is 10.4. The molecule has 0 saturated carbocycles. The molecule has 0 atom stereocenters. The van der Waals surface area contributed by atoms with Gasteiger partial charge in [-0.25, -0.2) is 9.97 Å². The Labute approximate surface area is 362 Å². The van der Waals surface area contributed by atoms with E-state index in [0.717, 1.165) is 89.0 Å². The molecule has 62 heavy (non-hydrogen) atoms. The molecule has 0 aliphatic heterocycles. The number of para-hydroxylation sites is 1. The Kier molecular flexibility index (Phi) is 8.68. The smallest absolute Gasteiger partial charge is 0.160 e. The molecule has 0 aliphatic carbocycles. The number of hydrogen-bond donors (Lipinski definition) is 0. The molecule has 9 aromatic carbocycles. The fraction of sp³-hybridized carbons (Fsp3) is 0. The zero-order valence-electron chi connectivity index (χ0n) is 33.5. The van der Waals surface area contributed by atoms with Crippen molar-refractivity contribution in [2.45, 2.75) is 0 Å². The monoisotopic (exact) mass is 808 g/mol. The molecule has 0 aliphatic rings. The summed E-state index contributed by atoms with van der Waals surface area (Å²) in [6, 6.07) is 77.3. The number of benzene rings is 9. The number of nitrogens with zero attached hydrogens (tertiary/aromatic N) is 2. The molecule has 3 nitrogen and oxygen atoms in total. The normalized spacial score (nSPS) is 11.5. The van der Waals surface area contributed by atoms with Gasteiger partial charge < -0.3 is 4.42 Å². The number of rotatable bonds is 7. The van der Waals surface area contributed by atoms with E-state index in [1.807, 2.05) is 35.6 Å². The minimum atomic E-state index is 0.684. The van der Waals surface area contributed by atoms with Crippen LogP contribution in [-0.2, 0) is 0 Å². The van der Waals surface area contributed by atoms with Crippen LogP contribution in [0.1, 0.15) is 0 Å². The lowest BCUT2D eigenvalue weighted by Crippen LogP contribution is -1.96. The van der Waals surface area contributed by atoms with Crippen molar-refractivity contribution in [3.63, 3.8) is 0 Å². The fourth-order valence-corrected chi connectivity index (χ4v) is 10.1. The lowest BCUT2D eigenvalue weighted by Gasteiger charge is -2.14. The second-order valence-electron chi connectivity index (χ2n) is 15.7. The van der Waals surface area contributed by atoms with E-state index in [4.69, 9.17) is 14.4 Å². The van der Waals surface area contributed by atoms with Crippen molar-refractivity contribution in [1.82, 2.24) is 9.97 Å². The number of hydrogen-bond acceptors (Lipinski definition) is 4. The highest BCUT2D eigenvalue weighted by Crippen LogP contribution is 2.46. The third-order valence-electron chi connectivity index (χ3n) is 11.9. The number of furan rings is 1. The van der Waals surface area contributed by atoms with Crippen molar-refractivity contribution < 1.29 is 4.42 Å². The van der Waals surface area contributed by atoms with Crippen molar-refractivity contribution in [2.75, 3.05) is 0 Å². The minimum absolute atomic E-state index is 0.684. The fourth-order valence-electron chi connectivity index (χ4n) is 8.93. The van der Waals surface area contributed by atoms with Crippen LogP contribution >= 0.6 is 11.3 Å². The maximum atomic E-state index is 6.80. The zero-order valence-corrected chi connectivity index (χ0v) is 34.3. The molecule has 0 radical (unpaired) electrons. The van der Waals surface area contributed by atoms with Gasteiger partial charge in [0, 0.05) is 53.2 Å². The van der Waals surface area contributed by atoms with Gasteiger partial charge in [-0.15, -0.1) is 11.3 Å². The maximum Gasteiger partial charge on any atom is 0.160 e. The molecule has 12 aromatic rings. The molecule has 0 bridgehead atoms. The summed E-state index contributed by atoms with van der Waals surface area (Å²) in [7, 11) is 0. The van der Waals surface area contributed by atoms with Crippen LogP contribution in [-0.4, -0.2) is 9.97 Å². The van der Waals surface area contributed by atoms with E-state index in [0.29, 0.717) is 5.82 Å². The van der Waals surface area contributed by atoms with Gasteiger partial charge in [0.25, 0.3) is 0 Å². The summed E-state index contributed by atoms with van der Waals surface area (Å²) < 4.78 is 9.36. The van der Waals surface area contributed by atoms with Crippen LogP contribution in [0.2, 0.25) is 0 Å². The van der Waals surface area contributed by atoms with Crippen LogP contribution < -0.4 is 0 Å². The molecule has 0 unspecified atom stereocenters. The van der Waals surface area contributed by atoms with Gasteiger partial charge in [0.05, 0.1) is 11.4 Å². The summed E-state index contributed by atoms with van der Waals surface area (Å²) in [5.74, 6) is 0.684. The standard InChI is InChI=1S/C58H36N2OS/c1-4-15-37(16-5-1)42-33-43(38-17-6-2-7-18-38)35-44(34-42)51-36-50(59-58(60-51)41-19-8-3-9-20-41)40-29-27-39(28-30-40)45-31-32-47(57-56(45)48-21-10-12-24-52(48)61-57)46-23-14-26-54-55(46)49-22-11-13-25-53(49)62-54/h1-36H. The number of fused-ring (bicyclic) bond motifs is 6. The Morgan fingerprint density at radius 1 is 0.323 bits per heavy atom. The van der Waals surface area contributed by atoms with E-state index in [1.165, 1.54) is 25.7 Å². The number of thiophene rings is 1. The molecule has 0 saturated heterocycles. The highest BCUT2D eigenvalue weighted by molar-refractivity contribution is 7.25. The summed E-state index contributed by atoms with van der Waals surface area (Å²) in [6.07, 6.45) is 0. The van der Waals surface area contributed by atoms with Gasteiger partial charge in [-0.3, -0.25) is 0 Å². The summed E-state index contributed by atoms with van der Waals surface area (Å²) in [5, 5.41) is 4.77. The maximum absolute atomic E-state index is 6.80. The highest BCUT2D eigenvalue weighted by atomic mass is 32.1. The third kappa shape index (κ3) is 6.28. The first-order chi connectivity index (χ1) is 30.7. The average molecular weight is 809 g/mol. The molecular weight excluding hydrogens is 773 g/mol. The molecule has 0 spiro atoms. The molecule has 0 amide bonds. The van der Waals surface area contributed by atoms with Crippen molar-refractivity contribution in [1.29, 1.82) is 0 Å². The molecule has 0 N–H and O–H groups in total. The van der Waals surface area contributed by atoms with Crippen molar-refractivity contribution in [3.8, 4) is 78.4 Å². The molecule has 4 heteroatoms. The summed E-state index contributed by atoms with van der Waals surface area (Å²) >= 11 is 1.84. The topological polar surface area (TPSA) is 38.9 Å². The highest BCUT2D eigenvalue weighted by Gasteiger charge is 2.20. The quantitative estimate of drug-likeness (QED) is 0.161. The van der Waals surface area contributed by atoms with E-state index in [2.05, 4.69) is 194 Å². The molecule has 0 fully saturated rings.